The molecule has 6 heteroatoms. The average Bonchev–Trinajstić information content (AvgIpc) is 2.69. The van der Waals surface area contributed by atoms with E-state index in [0.29, 0.717) is 24.9 Å². The zero-order chi connectivity index (χ0) is 18.4. The lowest BCUT2D eigenvalue weighted by Crippen LogP contribution is -2.36. The third-order valence-electron chi connectivity index (χ3n) is 4.53. The van der Waals surface area contributed by atoms with E-state index in [4.69, 9.17) is 4.74 Å². The predicted molar refractivity (Wildman–Crippen MR) is 105 cm³/mol. The summed E-state index contributed by atoms with van der Waals surface area (Å²) < 4.78 is 5.41. The molecule has 0 radical (unpaired) electrons. The molecule has 1 atom stereocenters. The van der Waals surface area contributed by atoms with Crippen LogP contribution in [0.15, 0.2) is 42.6 Å². The standard InChI is InChI=1S/C20H26N4O2/c1-3-15(2)22-16-8-9-18(21-14-16)20(25)23-17-6-4-5-7-19(17)24-10-12-26-13-11-24/h4-9,14-15,22H,3,10-13H2,1-2H3,(H,23,25). The summed E-state index contributed by atoms with van der Waals surface area (Å²) in [6.07, 6.45) is 2.73. The van der Waals surface area contributed by atoms with Crippen LogP contribution in [0.2, 0.25) is 0 Å². The number of morpholine rings is 1. The fraction of sp³-hybridized carbons (Fsp3) is 0.400. The SMILES string of the molecule is CCC(C)Nc1ccc(C(=O)Nc2ccccc2N2CCOCC2)nc1. The van der Waals surface area contributed by atoms with E-state index in [1.54, 1.807) is 12.3 Å². The van der Waals surface area contributed by atoms with E-state index in [0.717, 1.165) is 36.6 Å². The predicted octanol–water partition coefficient (Wildman–Crippen LogP) is 3.38. The summed E-state index contributed by atoms with van der Waals surface area (Å²) in [6, 6.07) is 11.9. The normalized spacial score (nSPS) is 15.4. The van der Waals surface area contributed by atoms with Crippen LogP contribution in [-0.2, 0) is 4.74 Å². The van der Waals surface area contributed by atoms with Crippen LogP contribution in [0.3, 0.4) is 0 Å². The van der Waals surface area contributed by atoms with E-state index in [9.17, 15) is 4.79 Å². The summed E-state index contributed by atoms with van der Waals surface area (Å²) in [5.41, 5.74) is 3.13. The summed E-state index contributed by atoms with van der Waals surface area (Å²) in [6.45, 7) is 7.28. The highest BCUT2D eigenvalue weighted by molar-refractivity contribution is 6.04. The number of nitrogens with one attached hydrogen (secondary N) is 2. The van der Waals surface area contributed by atoms with Gasteiger partial charge in [-0.15, -0.1) is 0 Å². The molecule has 138 valence electrons. The molecular weight excluding hydrogens is 328 g/mol. The van der Waals surface area contributed by atoms with Crippen LogP contribution in [0.1, 0.15) is 30.8 Å². The maximum atomic E-state index is 12.6. The lowest BCUT2D eigenvalue weighted by Gasteiger charge is -2.30. The molecule has 0 aliphatic carbocycles. The van der Waals surface area contributed by atoms with Crippen LogP contribution in [0.5, 0.6) is 0 Å². The van der Waals surface area contributed by atoms with Gasteiger partial charge in [-0.1, -0.05) is 19.1 Å². The van der Waals surface area contributed by atoms with Crippen molar-refractivity contribution in [3.05, 3.63) is 48.3 Å². The molecule has 2 N–H and O–H groups in total. The van der Waals surface area contributed by atoms with Crippen molar-refractivity contribution in [1.29, 1.82) is 0 Å². The molecule has 1 aliphatic heterocycles. The van der Waals surface area contributed by atoms with E-state index in [2.05, 4.69) is 34.4 Å². The lowest BCUT2D eigenvalue weighted by atomic mass is 10.2. The minimum atomic E-state index is -0.208. The number of para-hydroxylation sites is 2. The van der Waals surface area contributed by atoms with Gasteiger partial charge in [-0.2, -0.15) is 0 Å². The summed E-state index contributed by atoms with van der Waals surface area (Å²) in [4.78, 5) is 19.1. The van der Waals surface area contributed by atoms with Gasteiger partial charge in [0.2, 0.25) is 0 Å². The van der Waals surface area contributed by atoms with Crippen molar-refractivity contribution in [1.82, 2.24) is 4.98 Å². The maximum absolute atomic E-state index is 12.6. The molecule has 6 nitrogen and oxygen atoms in total. The maximum Gasteiger partial charge on any atom is 0.274 e. The van der Waals surface area contributed by atoms with Gasteiger partial charge in [0.05, 0.1) is 36.5 Å². The van der Waals surface area contributed by atoms with Crippen molar-refractivity contribution < 1.29 is 9.53 Å². The Labute approximate surface area is 154 Å². The van der Waals surface area contributed by atoms with Gasteiger partial charge in [-0.3, -0.25) is 4.79 Å². The molecule has 0 spiro atoms. The summed E-state index contributed by atoms with van der Waals surface area (Å²) in [5, 5.41) is 6.34. The van der Waals surface area contributed by atoms with Crippen LogP contribution >= 0.6 is 0 Å². The van der Waals surface area contributed by atoms with Gasteiger partial charge in [0.15, 0.2) is 0 Å². The van der Waals surface area contributed by atoms with E-state index in [-0.39, 0.29) is 5.91 Å². The molecule has 1 saturated heterocycles. The first-order chi connectivity index (χ1) is 12.7. The Bertz CT molecular complexity index is 727. The molecule has 1 amide bonds. The molecule has 1 aromatic heterocycles. The van der Waals surface area contributed by atoms with Gasteiger partial charge in [-0.05, 0) is 37.6 Å². The first kappa shape index (κ1) is 18.2. The minimum Gasteiger partial charge on any atom is -0.381 e. The Balaban J connectivity index is 1.70. The van der Waals surface area contributed by atoms with Crippen molar-refractivity contribution in [2.24, 2.45) is 0 Å². The summed E-state index contributed by atoms with van der Waals surface area (Å²) in [7, 11) is 0. The van der Waals surface area contributed by atoms with Crippen LogP contribution < -0.4 is 15.5 Å². The number of amides is 1. The molecule has 1 unspecified atom stereocenters. The van der Waals surface area contributed by atoms with Crippen LogP contribution in [0.25, 0.3) is 0 Å². The van der Waals surface area contributed by atoms with Crippen LogP contribution in [0, 0.1) is 0 Å². The first-order valence-electron chi connectivity index (χ1n) is 9.13. The second-order valence-electron chi connectivity index (χ2n) is 6.46. The highest BCUT2D eigenvalue weighted by Gasteiger charge is 2.16. The van der Waals surface area contributed by atoms with Crippen molar-refractivity contribution in [2.75, 3.05) is 41.8 Å². The Kier molecular flexibility index (Phi) is 6.07. The molecule has 2 aromatic rings. The quantitative estimate of drug-likeness (QED) is 0.832. The fourth-order valence-corrected chi connectivity index (χ4v) is 2.85. The van der Waals surface area contributed by atoms with Gasteiger partial charge in [-0.25, -0.2) is 4.98 Å². The van der Waals surface area contributed by atoms with Crippen molar-refractivity contribution in [3.63, 3.8) is 0 Å². The van der Waals surface area contributed by atoms with Gasteiger partial charge in [0.1, 0.15) is 5.69 Å². The van der Waals surface area contributed by atoms with Gasteiger partial charge in [0, 0.05) is 19.1 Å². The van der Waals surface area contributed by atoms with Gasteiger partial charge in [0.25, 0.3) is 5.91 Å². The molecule has 0 saturated carbocycles. The Hall–Kier alpha value is -2.60. The molecule has 1 fully saturated rings. The largest absolute Gasteiger partial charge is 0.381 e. The number of carbonyl (C=O) groups is 1. The number of hydrogen-bond donors (Lipinski definition) is 2. The number of hydrogen-bond acceptors (Lipinski definition) is 5. The molecular formula is C20H26N4O2. The Morgan fingerprint density at radius 1 is 1.23 bits per heavy atom. The Morgan fingerprint density at radius 2 is 2.00 bits per heavy atom. The highest BCUT2D eigenvalue weighted by atomic mass is 16.5. The monoisotopic (exact) mass is 354 g/mol. The molecule has 26 heavy (non-hydrogen) atoms. The summed E-state index contributed by atoms with van der Waals surface area (Å²) >= 11 is 0. The minimum absolute atomic E-state index is 0.208. The highest BCUT2D eigenvalue weighted by Crippen LogP contribution is 2.26. The van der Waals surface area contributed by atoms with E-state index in [1.807, 2.05) is 30.3 Å². The smallest absolute Gasteiger partial charge is 0.274 e. The van der Waals surface area contributed by atoms with Crippen molar-refractivity contribution >= 4 is 23.0 Å². The number of aromatic nitrogens is 1. The van der Waals surface area contributed by atoms with Crippen molar-refractivity contribution in [2.45, 2.75) is 26.3 Å². The third kappa shape index (κ3) is 4.52. The van der Waals surface area contributed by atoms with E-state index < -0.39 is 0 Å². The zero-order valence-corrected chi connectivity index (χ0v) is 15.4. The lowest BCUT2D eigenvalue weighted by molar-refractivity contribution is 0.102. The topological polar surface area (TPSA) is 66.5 Å². The molecule has 3 rings (SSSR count). The molecule has 0 bridgehead atoms. The van der Waals surface area contributed by atoms with Crippen LogP contribution in [0.4, 0.5) is 17.1 Å². The number of ether oxygens (including phenoxy) is 1. The number of benzene rings is 1. The Morgan fingerprint density at radius 3 is 2.69 bits per heavy atom. The second kappa shape index (κ2) is 8.67. The van der Waals surface area contributed by atoms with Crippen molar-refractivity contribution in [3.8, 4) is 0 Å². The fourth-order valence-electron chi connectivity index (χ4n) is 2.85. The summed E-state index contributed by atoms with van der Waals surface area (Å²) in [5.74, 6) is -0.208. The molecule has 1 aliphatic rings. The number of anilines is 3. The molecule has 1 aromatic carbocycles. The molecule has 2 heterocycles. The number of rotatable bonds is 6. The average molecular weight is 354 g/mol. The second-order valence-corrected chi connectivity index (χ2v) is 6.46. The third-order valence-corrected chi connectivity index (χ3v) is 4.53. The zero-order valence-electron chi connectivity index (χ0n) is 15.4. The van der Waals surface area contributed by atoms with Crippen LogP contribution in [-0.4, -0.2) is 43.2 Å². The first-order valence-corrected chi connectivity index (χ1v) is 9.13. The van der Waals surface area contributed by atoms with Gasteiger partial charge >= 0.3 is 0 Å². The number of nitrogens with zero attached hydrogens (tertiary/aromatic N) is 2. The number of pyridine rings is 1. The van der Waals surface area contributed by atoms with E-state index in [1.165, 1.54) is 0 Å². The van der Waals surface area contributed by atoms with Gasteiger partial charge < -0.3 is 20.3 Å². The van der Waals surface area contributed by atoms with E-state index >= 15 is 0 Å². The number of carbonyl (C=O) groups excluding carboxylic acids is 1.